The molecule has 2 aliphatic rings. The number of aliphatic hydroxyl groups excluding tert-OH is 3. The maximum atomic E-state index is 10.7. The van der Waals surface area contributed by atoms with Crippen molar-refractivity contribution in [3.63, 3.8) is 0 Å². The molecule has 68 valence electrons. The highest BCUT2D eigenvalue weighted by atomic mass is 16.7. The zero-order valence-corrected chi connectivity index (χ0v) is 5.95. The van der Waals surface area contributed by atoms with E-state index in [1.807, 2.05) is 0 Å². The largest absolute Gasteiger partial charge is 0.454 e. The highest BCUT2D eigenvalue weighted by Crippen LogP contribution is 2.30. The number of rotatable bonds is 0. The van der Waals surface area contributed by atoms with E-state index in [-0.39, 0.29) is 0 Å². The second-order valence-electron chi connectivity index (χ2n) is 2.83. The third-order valence-electron chi connectivity index (χ3n) is 2.05. The van der Waals surface area contributed by atoms with Gasteiger partial charge in [0, 0.05) is 0 Å². The van der Waals surface area contributed by atoms with E-state index in [9.17, 15) is 4.79 Å². The van der Waals surface area contributed by atoms with Crippen LogP contribution in [0.5, 0.6) is 0 Å². The predicted octanol–water partition coefficient (Wildman–Crippen LogP) is -2.65. The van der Waals surface area contributed by atoms with Crippen molar-refractivity contribution in [3.05, 3.63) is 0 Å². The first-order chi connectivity index (χ1) is 5.61. The zero-order chi connectivity index (χ0) is 8.88. The SMILES string of the molecule is O=C1O[C@H]2[C@H](O)[C@@H](O)O[C@@H]2[C@@H]1O. The lowest BCUT2D eigenvalue weighted by molar-refractivity contribution is -0.168. The van der Waals surface area contributed by atoms with Gasteiger partial charge in [0.25, 0.3) is 0 Å². The summed E-state index contributed by atoms with van der Waals surface area (Å²) in [5.74, 6) is -0.823. The summed E-state index contributed by atoms with van der Waals surface area (Å²) in [6, 6.07) is 0. The number of hydrogen-bond donors (Lipinski definition) is 3. The Labute approximate surface area is 67.3 Å². The lowest BCUT2D eigenvalue weighted by Gasteiger charge is -2.10. The van der Waals surface area contributed by atoms with Crippen LogP contribution in [-0.4, -0.2) is 52.0 Å². The molecule has 5 atom stereocenters. The average Bonchev–Trinajstić information content (AvgIpc) is 2.43. The third-order valence-corrected chi connectivity index (χ3v) is 2.05. The molecule has 0 aliphatic carbocycles. The number of carbonyl (C=O) groups is 1. The first-order valence-corrected chi connectivity index (χ1v) is 3.51. The molecule has 0 saturated carbocycles. The molecule has 0 radical (unpaired) electrons. The van der Waals surface area contributed by atoms with Gasteiger partial charge in [-0.1, -0.05) is 0 Å². The molecule has 2 rings (SSSR count). The van der Waals surface area contributed by atoms with Crippen LogP contribution in [0.15, 0.2) is 0 Å². The monoisotopic (exact) mass is 176 g/mol. The van der Waals surface area contributed by atoms with E-state index in [4.69, 9.17) is 15.3 Å². The van der Waals surface area contributed by atoms with Gasteiger partial charge in [0.05, 0.1) is 0 Å². The summed E-state index contributed by atoms with van der Waals surface area (Å²) in [6.45, 7) is 0. The lowest BCUT2D eigenvalue weighted by Crippen LogP contribution is -2.32. The number of aliphatic hydroxyl groups is 3. The Balaban J connectivity index is 2.19. The van der Waals surface area contributed by atoms with Gasteiger partial charge >= 0.3 is 5.97 Å². The van der Waals surface area contributed by atoms with Crippen molar-refractivity contribution in [2.24, 2.45) is 0 Å². The van der Waals surface area contributed by atoms with Crippen molar-refractivity contribution in [3.8, 4) is 0 Å². The Morgan fingerprint density at radius 1 is 1.17 bits per heavy atom. The van der Waals surface area contributed by atoms with Crippen molar-refractivity contribution >= 4 is 5.97 Å². The maximum absolute atomic E-state index is 10.7. The molecule has 6 heteroatoms. The molecule has 0 spiro atoms. The van der Waals surface area contributed by atoms with E-state index in [1.165, 1.54) is 0 Å². The Morgan fingerprint density at radius 3 is 2.42 bits per heavy atom. The molecule has 2 saturated heterocycles. The minimum atomic E-state index is -1.40. The highest BCUT2D eigenvalue weighted by molar-refractivity contribution is 5.78. The Bertz CT molecular complexity index is 216. The minimum absolute atomic E-state index is 0.823. The standard InChI is InChI=1S/C6H8O6/c7-1-3-4(12-5(1)9)2(8)6(10)11-3/h1-5,7-9H/t1-,2-,3-,4+,5-/m0/s1. The number of esters is 1. The number of hydrogen-bond acceptors (Lipinski definition) is 6. The van der Waals surface area contributed by atoms with E-state index in [0.29, 0.717) is 0 Å². The van der Waals surface area contributed by atoms with Crippen LogP contribution in [-0.2, 0) is 14.3 Å². The topological polar surface area (TPSA) is 96.2 Å². The van der Waals surface area contributed by atoms with Crippen LogP contribution in [0.2, 0.25) is 0 Å². The molecule has 2 fully saturated rings. The molecule has 0 aromatic heterocycles. The molecule has 0 unspecified atom stereocenters. The number of fused-ring (bicyclic) bond motifs is 1. The second kappa shape index (κ2) is 2.40. The van der Waals surface area contributed by atoms with Crippen LogP contribution in [0.25, 0.3) is 0 Å². The Morgan fingerprint density at radius 2 is 1.83 bits per heavy atom. The fourth-order valence-corrected chi connectivity index (χ4v) is 1.40. The molecule has 2 heterocycles. The second-order valence-corrected chi connectivity index (χ2v) is 2.83. The van der Waals surface area contributed by atoms with Gasteiger partial charge in [0.15, 0.2) is 18.5 Å². The van der Waals surface area contributed by atoms with Crippen LogP contribution in [0, 0.1) is 0 Å². The Kier molecular flexibility index (Phi) is 1.58. The quantitative estimate of drug-likeness (QED) is 0.349. The molecule has 3 N–H and O–H groups in total. The highest BCUT2D eigenvalue weighted by Gasteiger charge is 2.56. The van der Waals surface area contributed by atoms with Crippen LogP contribution in [0.3, 0.4) is 0 Å². The lowest BCUT2D eigenvalue weighted by atomic mass is 10.1. The zero-order valence-electron chi connectivity index (χ0n) is 5.95. The van der Waals surface area contributed by atoms with Gasteiger partial charge in [0.2, 0.25) is 0 Å². The molecule has 0 amide bonds. The van der Waals surface area contributed by atoms with Crippen LogP contribution < -0.4 is 0 Å². The molecule has 0 bridgehead atoms. The summed E-state index contributed by atoms with van der Waals surface area (Å²) >= 11 is 0. The van der Waals surface area contributed by atoms with Gasteiger partial charge in [-0.15, -0.1) is 0 Å². The van der Waals surface area contributed by atoms with Crippen molar-refractivity contribution in [2.75, 3.05) is 0 Å². The minimum Gasteiger partial charge on any atom is -0.454 e. The van der Waals surface area contributed by atoms with Gasteiger partial charge in [-0.25, -0.2) is 4.79 Å². The van der Waals surface area contributed by atoms with Gasteiger partial charge in [-0.2, -0.15) is 0 Å². The molecule has 2 aliphatic heterocycles. The fourth-order valence-electron chi connectivity index (χ4n) is 1.40. The summed E-state index contributed by atoms with van der Waals surface area (Å²) in [5, 5.41) is 27.2. The molecule has 0 aromatic rings. The van der Waals surface area contributed by atoms with E-state index in [0.717, 1.165) is 0 Å². The molecular formula is C6H8O6. The first kappa shape index (κ1) is 7.93. The Hall–Kier alpha value is -0.690. The van der Waals surface area contributed by atoms with Crippen LogP contribution in [0.1, 0.15) is 0 Å². The van der Waals surface area contributed by atoms with Gasteiger partial charge in [0.1, 0.15) is 12.2 Å². The maximum Gasteiger partial charge on any atom is 0.338 e. The van der Waals surface area contributed by atoms with Gasteiger partial charge in [-0.05, 0) is 0 Å². The summed E-state index contributed by atoms with van der Waals surface area (Å²) in [6.07, 6.45) is -5.94. The van der Waals surface area contributed by atoms with E-state index < -0.39 is 36.7 Å². The average molecular weight is 176 g/mol. The van der Waals surface area contributed by atoms with Gasteiger partial charge in [-0.3, -0.25) is 0 Å². The predicted molar refractivity (Wildman–Crippen MR) is 32.8 cm³/mol. The molecular weight excluding hydrogens is 168 g/mol. The van der Waals surface area contributed by atoms with E-state index in [1.54, 1.807) is 0 Å². The third kappa shape index (κ3) is 0.862. The first-order valence-electron chi connectivity index (χ1n) is 3.51. The van der Waals surface area contributed by atoms with Crippen molar-refractivity contribution in [2.45, 2.75) is 30.7 Å². The van der Waals surface area contributed by atoms with Gasteiger partial charge < -0.3 is 24.8 Å². The molecule has 6 nitrogen and oxygen atoms in total. The number of carbonyl (C=O) groups excluding carboxylic acids is 1. The van der Waals surface area contributed by atoms with E-state index in [2.05, 4.69) is 9.47 Å². The fraction of sp³-hybridized carbons (Fsp3) is 0.833. The van der Waals surface area contributed by atoms with Crippen molar-refractivity contribution in [1.29, 1.82) is 0 Å². The number of ether oxygens (including phenoxy) is 2. The van der Waals surface area contributed by atoms with E-state index >= 15 is 0 Å². The van der Waals surface area contributed by atoms with Crippen LogP contribution in [0.4, 0.5) is 0 Å². The normalized spacial score (nSPS) is 52.2. The summed E-state index contributed by atoms with van der Waals surface area (Å²) in [7, 11) is 0. The smallest absolute Gasteiger partial charge is 0.338 e. The summed E-state index contributed by atoms with van der Waals surface area (Å²) in [4.78, 5) is 10.7. The van der Waals surface area contributed by atoms with Crippen molar-refractivity contribution < 1.29 is 29.6 Å². The summed E-state index contributed by atoms with van der Waals surface area (Å²) < 4.78 is 9.25. The van der Waals surface area contributed by atoms with Crippen molar-refractivity contribution in [1.82, 2.24) is 0 Å². The van der Waals surface area contributed by atoms with Crippen LogP contribution >= 0.6 is 0 Å². The molecule has 12 heavy (non-hydrogen) atoms. The summed E-state index contributed by atoms with van der Waals surface area (Å²) in [5.41, 5.74) is 0. The molecule has 0 aromatic carbocycles.